The average molecular weight is 344 g/mol. The molecule has 23 heavy (non-hydrogen) atoms. The van der Waals surface area contributed by atoms with Crippen molar-refractivity contribution >= 4 is 14.3 Å². The second kappa shape index (κ2) is 6.81. The molecule has 0 saturated carbocycles. The van der Waals surface area contributed by atoms with Crippen molar-refractivity contribution in [3.05, 3.63) is 21.9 Å². The largest absolute Gasteiger partial charge is 0.501 e. The first kappa shape index (κ1) is 19.3. The number of aromatic nitrogens is 2. The Morgan fingerprint density at radius 2 is 1.96 bits per heavy atom. The fourth-order valence-electron chi connectivity index (χ4n) is 1.59. The summed E-state index contributed by atoms with van der Waals surface area (Å²) < 4.78 is 10.5. The second-order valence-corrected chi connectivity index (χ2v) is 11.4. The van der Waals surface area contributed by atoms with Crippen LogP contribution in [0.25, 0.3) is 0 Å². The third-order valence-electron chi connectivity index (χ3n) is 4.01. The van der Waals surface area contributed by atoms with Crippen LogP contribution in [0.1, 0.15) is 43.2 Å². The molecule has 0 bridgehead atoms. The number of nitrogens with one attached hydrogen (secondary N) is 1. The quantitative estimate of drug-likeness (QED) is 0.544. The van der Waals surface area contributed by atoms with Gasteiger partial charge in [-0.1, -0.05) is 20.8 Å². The molecule has 0 fully saturated rings. The molecule has 130 valence electrons. The molecular weight excluding hydrogens is 320 g/mol. The lowest BCUT2D eigenvalue weighted by molar-refractivity contribution is 0.0585. The van der Waals surface area contributed by atoms with Crippen LogP contribution in [0, 0.1) is 0 Å². The van der Waals surface area contributed by atoms with E-state index in [0.717, 1.165) is 7.11 Å². The highest BCUT2D eigenvalue weighted by atomic mass is 28.4. The lowest BCUT2D eigenvalue weighted by Gasteiger charge is -2.38. The van der Waals surface area contributed by atoms with Gasteiger partial charge in [0.25, 0.3) is 5.56 Å². The van der Waals surface area contributed by atoms with E-state index in [0.29, 0.717) is 0 Å². The van der Waals surface area contributed by atoms with Gasteiger partial charge in [-0.15, -0.1) is 0 Å². The Morgan fingerprint density at radius 1 is 1.39 bits per heavy atom. The van der Waals surface area contributed by atoms with Crippen molar-refractivity contribution in [2.24, 2.45) is 0 Å². The highest BCUT2D eigenvalue weighted by Gasteiger charge is 2.40. The molecule has 8 nitrogen and oxygen atoms in total. The molecule has 3 N–H and O–H groups in total. The van der Waals surface area contributed by atoms with Crippen LogP contribution in [-0.2, 0) is 9.16 Å². The van der Waals surface area contributed by atoms with Crippen LogP contribution in [0.2, 0.25) is 18.1 Å². The van der Waals surface area contributed by atoms with Crippen LogP contribution in [0.4, 0.5) is 0 Å². The van der Waals surface area contributed by atoms with E-state index in [9.17, 15) is 19.8 Å². The maximum atomic E-state index is 11.8. The minimum Gasteiger partial charge on any atom is -0.501 e. The van der Waals surface area contributed by atoms with E-state index in [1.165, 1.54) is 0 Å². The number of nitrogens with zero attached hydrogens (tertiary/aromatic N) is 1. The highest BCUT2D eigenvalue weighted by molar-refractivity contribution is 6.74. The summed E-state index contributed by atoms with van der Waals surface area (Å²) in [5.74, 6) is -1.80. The Bertz CT molecular complexity index is 635. The second-order valence-electron chi connectivity index (χ2n) is 6.69. The van der Waals surface area contributed by atoms with E-state index in [4.69, 9.17) is 4.43 Å². The number of carbonyl (C=O) groups is 1. The van der Waals surface area contributed by atoms with Gasteiger partial charge in [-0.3, -0.25) is 4.79 Å². The normalized spacial score (nSPS) is 13.7. The summed E-state index contributed by atoms with van der Waals surface area (Å²) in [5, 5.41) is 19.1. The summed E-state index contributed by atoms with van der Waals surface area (Å²) in [6.07, 6.45) is -0.910. The number of rotatable bonds is 5. The van der Waals surface area contributed by atoms with Gasteiger partial charge in [0.1, 0.15) is 11.9 Å². The van der Waals surface area contributed by atoms with Gasteiger partial charge >= 0.3 is 5.97 Å². The van der Waals surface area contributed by atoms with E-state index in [2.05, 4.69) is 14.7 Å². The Labute approximate surface area is 135 Å². The first-order chi connectivity index (χ1) is 10.4. The Morgan fingerprint density at radius 3 is 2.39 bits per heavy atom. The molecule has 0 saturated heterocycles. The summed E-state index contributed by atoms with van der Waals surface area (Å²) in [7, 11) is -1.15. The van der Waals surface area contributed by atoms with Gasteiger partial charge in [0, 0.05) is 0 Å². The first-order valence-electron chi connectivity index (χ1n) is 7.14. The van der Waals surface area contributed by atoms with Gasteiger partial charge < -0.3 is 24.4 Å². The van der Waals surface area contributed by atoms with Crippen molar-refractivity contribution in [1.29, 1.82) is 0 Å². The zero-order valence-electron chi connectivity index (χ0n) is 14.3. The molecule has 0 radical (unpaired) electrons. The third kappa shape index (κ3) is 4.18. The molecule has 0 aliphatic carbocycles. The maximum absolute atomic E-state index is 11.8. The van der Waals surface area contributed by atoms with E-state index < -0.39 is 44.0 Å². The average Bonchev–Trinajstić information content (AvgIpc) is 2.45. The fourth-order valence-corrected chi connectivity index (χ4v) is 2.84. The van der Waals surface area contributed by atoms with Crippen LogP contribution in [0.3, 0.4) is 0 Å². The number of carbonyl (C=O) groups excluding carboxylic acids is 1. The Kier molecular flexibility index (Phi) is 5.73. The Hall–Kier alpha value is -1.71. The first-order valence-corrected chi connectivity index (χ1v) is 10.1. The van der Waals surface area contributed by atoms with Crippen LogP contribution in [-0.4, -0.2) is 48.2 Å². The molecule has 0 aromatic carbocycles. The van der Waals surface area contributed by atoms with Crippen LogP contribution in [0.5, 0.6) is 5.75 Å². The molecule has 1 aromatic heterocycles. The molecule has 9 heteroatoms. The van der Waals surface area contributed by atoms with Gasteiger partial charge in [0.2, 0.25) is 5.75 Å². The lowest BCUT2D eigenvalue weighted by Crippen LogP contribution is -2.43. The van der Waals surface area contributed by atoms with Crippen LogP contribution < -0.4 is 5.56 Å². The lowest BCUT2D eigenvalue weighted by atomic mass is 10.2. The van der Waals surface area contributed by atoms with Crippen LogP contribution >= 0.6 is 0 Å². The smallest absolute Gasteiger partial charge is 0.360 e. The van der Waals surface area contributed by atoms with E-state index in [1.807, 2.05) is 33.9 Å². The number of hydrogen-bond donors (Lipinski definition) is 3. The predicted octanol–water partition coefficient (Wildman–Crippen LogP) is 1.32. The van der Waals surface area contributed by atoms with Gasteiger partial charge in [-0.2, -0.15) is 0 Å². The topological polar surface area (TPSA) is 122 Å². The summed E-state index contributed by atoms with van der Waals surface area (Å²) >= 11 is 0. The molecule has 1 heterocycles. The van der Waals surface area contributed by atoms with E-state index >= 15 is 0 Å². The van der Waals surface area contributed by atoms with Crippen molar-refractivity contribution in [3.8, 4) is 5.75 Å². The maximum Gasteiger partial charge on any atom is 0.360 e. The van der Waals surface area contributed by atoms with Gasteiger partial charge in [0.15, 0.2) is 14.0 Å². The molecule has 0 amide bonds. The summed E-state index contributed by atoms with van der Waals surface area (Å²) in [6, 6.07) is 0. The van der Waals surface area contributed by atoms with Crippen molar-refractivity contribution in [1.82, 2.24) is 9.97 Å². The monoisotopic (exact) mass is 344 g/mol. The molecule has 0 aliphatic heterocycles. The fraction of sp³-hybridized carbons (Fsp3) is 0.643. The van der Waals surface area contributed by atoms with Crippen molar-refractivity contribution in [2.45, 2.75) is 45.0 Å². The minimum absolute atomic E-state index is 0.0273. The van der Waals surface area contributed by atoms with Crippen molar-refractivity contribution in [3.63, 3.8) is 0 Å². The number of H-pyrrole nitrogens is 1. The number of esters is 1. The summed E-state index contributed by atoms with van der Waals surface area (Å²) in [4.78, 5) is 29.6. The number of ether oxygens (including phenoxy) is 1. The number of aliphatic hydroxyl groups excluding tert-OH is 1. The van der Waals surface area contributed by atoms with Crippen LogP contribution in [0.15, 0.2) is 4.79 Å². The third-order valence-corrected chi connectivity index (χ3v) is 8.49. The summed E-state index contributed by atoms with van der Waals surface area (Å²) in [6.45, 7) is 9.62. The molecule has 0 aliphatic rings. The van der Waals surface area contributed by atoms with Gasteiger partial charge in [-0.05, 0) is 18.1 Å². The molecular formula is C14H24N2O6Si. The molecule has 1 rings (SSSR count). The molecule has 1 atom stereocenters. The zero-order chi connectivity index (χ0) is 18.0. The highest BCUT2D eigenvalue weighted by Crippen LogP contribution is 2.39. The molecule has 1 aromatic rings. The summed E-state index contributed by atoms with van der Waals surface area (Å²) in [5.41, 5.74) is -1.41. The SMILES string of the molecule is COC(=O)c1nc(C(CO)O[Si](C)(C)C(C)(C)C)[nH]c(=O)c1O. The number of hydrogen-bond acceptors (Lipinski definition) is 7. The van der Waals surface area contributed by atoms with Crippen molar-refractivity contribution < 1.29 is 24.2 Å². The predicted molar refractivity (Wildman–Crippen MR) is 86.0 cm³/mol. The van der Waals surface area contributed by atoms with Crippen molar-refractivity contribution in [2.75, 3.05) is 13.7 Å². The number of aromatic amines is 1. The van der Waals surface area contributed by atoms with Gasteiger partial charge in [-0.25, -0.2) is 9.78 Å². The van der Waals surface area contributed by atoms with E-state index in [1.54, 1.807) is 0 Å². The molecule has 0 spiro atoms. The van der Waals surface area contributed by atoms with E-state index in [-0.39, 0.29) is 10.9 Å². The van der Waals surface area contributed by atoms with Gasteiger partial charge in [0.05, 0.1) is 13.7 Å². The zero-order valence-corrected chi connectivity index (χ0v) is 15.3. The minimum atomic E-state index is -2.26. The Balaban J connectivity index is 3.30. The number of methoxy groups -OCH3 is 1. The number of aliphatic hydroxyl groups is 1. The standard InChI is InChI=1S/C14H24N2O6Si/c1-14(2,3)23(5,6)22-8(7-17)11-15-9(13(20)21-4)10(18)12(19)16-11/h8,17-18H,7H2,1-6H3,(H,15,16,19). The molecule has 1 unspecified atom stereocenters. The number of aromatic hydroxyl groups is 1.